The lowest BCUT2D eigenvalue weighted by atomic mass is 10.3. The van der Waals surface area contributed by atoms with Gasteiger partial charge in [-0.2, -0.15) is 0 Å². The predicted octanol–water partition coefficient (Wildman–Crippen LogP) is 0.108. The van der Waals surface area contributed by atoms with Gasteiger partial charge >= 0.3 is 5.97 Å². The van der Waals surface area contributed by atoms with Crippen LogP contribution in [0.4, 0.5) is 0 Å². The van der Waals surface area contributed by atoms with E-state index in [-0.39, 0.29) is 12.3 Å². The van der Waals surface area contributed by atoms with Crippen molar-refractivity contribution in [1.29, 1.82) is 0 Å². The highest BCUT2D eigenvalue weighted by atomic mass is 16.4. The summed E-state index contributed by atoms with van der Waals surface area (Å²) in [5.41, 5.74) is 0. The summed E-state index contributed by atoms with van der Waals surface area (Å²) in [6, 6.07) is 7.47. The minimum absolute atomic E-state index is 0.152. The van der Waals surface area contributed by atoms with E-state index in [0.29, 0.717) is 0 Å². The topological polar surface area (TPSA) is 66.7 Å². The maximum absolute atomic E-state index is 10.7. The summed E-state index contributed by atoms with van der Waals surface area (Å²) in [6.07, 6.45) is 1.76. The number of aliphatic carboxylic acids is 1. The van der Waals surface area contributed by atoms with Crippen LogP contribution in [0.2, 0.25) is 0 Å². The average Bonchev–Trinajstić information content (AvgIpc) is 2.58. The Hall–Kier alpha value is -1.97. The molecule has 1 aromatic carbocycles. The quantitative estimate of drug-likeness (QED) is 0.707. The van der Waals surface area contributed by atoms with E-state index < -0.39 is 5.97 Å². The van der Waals surface area contributed by atoms with Crippen LogP contribution >= 0.6 is 0 Å². The predicted molar refractivity (Wildman–Crippen MR) is 54.6 cm³/mol. The van der Waals surface area contributed by atoms with Crippen molar-refractivity contribution in [3.8, 4) is 0 Å². The first-order valence-electron chi connectivity index (χ1n) is 4.54. The molecule has 0 spiro atoms. The zero-order chi connectivity index (χ0) is 11.3. The van der Waals surface area contributed by atoms with E-state index in [0.717, 1.165) is 10.6 Å². The number of amides is 1. The van der Waals surface area contributed by atoms with Gasteiger partial charge in [0.1, 0.15) is 0 Å². The molecule has 0 saturated heterocycles. The van der Waals surface area contributed by atoms with Crippen molar-refractivity contribution in [2.45, 2.75) is 13.3 Å². The number of para-hydroxylation sites is 1. The van der Waals surface area contributed by atoms with Gasteiger partial charge in [-0.15, -0.1) is 0 Å². The smallest absolute Gasteiger partial charge is 0.303 e. The molecular formula is C11H11NO3. The Labute approximate surface area is 86.6 Å². The van der Waals surface area contributed by atoms with Crippen LogP contribution in [0.3, 0.4) is 0 Å². The van der Waals surface area contributed by atoms with E-state index in [9.17, 15) is 9.59 Å². The third-order valence-corrected chi connectivity index (χ3v) is 1.75. The third kappa shape index (κ3) is 3.34. The molecule has 1 aromatic rings. The molecule has 15 heavy (non-hydrogen) atoms. The summed E-state index contributed by atoms with van der Waals surface area (Å²) in [6.45, 7) is 1.60. The number of hydrogen-bond donors (Lipinski definition) is 1. The van der Waals surface area contributed by atoms with Gasteiger partial charge in [-0.25, -0.2) is 4.99 Å². The number of carbonyl (C=O) groups excluding carboxylic acids is 1. The molecule has 1 amide bonds. The second kappa shape index (κ2) is 5.05. The molecule has 0 atom stereocenters. The first-order chi connectivity index (χ1) is 7.13. The third-order valence-electron chi connectivity index (χ3n) is 1.75. The van der Waals surface area contributed by atoms with Crippen LogP contribution in [0.5, 0.6) is 0 Å². The molecule has 2 rings (SSSR count). The maximum Gasteiger partial charge on any atom is 0.303 e. The highest BCUT2D eigenvalue weighted by Crippen LogP contribution is 1.81. The van der Waals surface area contributed by atoms with Gasteiger partial charge in [0.2, 0.25) is 0 Å². The molecule has 0 aromatic heterocycles. The molecule has 78 valence electrons. The molecule has 0 saturated carbocycles. The van der Waals surface area contributed by atoms with Crippen molar-refractivity contribution < 1.29 is 14.7 Å². The van der Waals surface area contributed by atoms with E-state index in [1.807, 2.05) is 24.3 Å². The van der Waals surface area contributed by atoms with Crippen molar-refractivity contribution in [1.82, 2.24) is 0 Å². The second-order valence-electron chi connectivity index (χ2n) is 2.90. The van der Waals surface area contributed by atoms with Crippen molar-refractivity contribution >= 4 is 18.0 Å². The van der Waals surface area contributed by atoms with Gasteiger partial charge in [-0.1, -0.05) is 25.1 Å². The van der Waals surface area contributed by atoms with Crippen LogP contribution in [0.1, 0.15) is 13.3 Å². The van der Waals surface area contributed by atoms with Crippen molar-refractivity contribution in [2.24, 2.45) is 4.99 Å². The van der Waals surface area contributed by atoms with Crippen molar-refractivity contribution in [3.63, 3.8) is 0 Å². The average molecular weight is 205 g/mol. The van der Waals surface area contributed by atoms with Gasteiger partial charge in [-0.05, 0) is 6.07 Å². The fourth-order valence-electron chi connectivity index (χ4n) is 0.995. The van der Waals surface area contributed by atoms with Crippen LogP contribution in [0.15, 0.2) is 29.3 Å². The van der Waals surface area contributed by atoms with E-state index in [1.54, 1.807) is 6.92 Å². The minimum atomic E-state index is -0.745. The highest BCUT2D eigenvalue weighted by molar-refractivity contribution is 6.06. The number of rotatable bonds is 1. The SMILES string of the molecule is CCC(=O)O.O=C1C=c2ccccc2=N1. The fourth-order valence-corrected chi connectivity index (χ4v) is 0.995. The number of benzene rings is 1. The lowest BCUT2D eigenvalue weighted by Crippen LogP contribution is -2.19. The molecule has 4 heteroatoms. The Morgan fingerprint density at radius 1 is 1.40 bits per heavy atom. The van der Waals surface area contributed by atoms with Crippen LogP contribution < -0.4 is 10.6 Å². The first-order valence-corrected chi connectivity index (χ1v) is 4.54. The second-order valence-corrected chi connectivity index (χ2v) is 2.90. The van der Waals surface area contributed by atoms with E-state index >= 15 is 0 Å². The van der Waals surface area contributed by atoms with Gasteiger partial charge in [0.25, 0.3) is 5.91 Å². The van der Waals surface area contributed by atoms with Crippen LogP contribution in [0.25, 0.3) is 6.08 Å². The van der Waals surface area contributed by atoms with Crippen LogP contribution in [-0.4, -0.2) is 17.0 Å². The van der Waals surface area contributed by atoms with Crippen LogP contribution in [-0.2, 0) is 9.59 Å². The Bertz CT molecular complexity index is 454. The zero-order valence-electron chi connectivity index (χ0n) is 8.30. The van der Waals surface area contributed by atoms with Crippen LogP contribution in [0, 0.1) is 0 Å². The Morgan fingerprint density at radius 3 is 2.53 bits per heavy atom. The Kier molecular flexibility index (Phi) is 3.74. The lowest BCUT2D eigenvalue weighted by Gasteiger charge is -1.77. The fraction of sp³-hybridized carbons (Fsp3) is 0.182. The molecule has 1 N–H and O–H groups in total. The highest BCUT2D eigenvalue weighted by Gasteiger charge is 1.99. The van der Waals surface area contributed by atoms with Crippen molar-refractivity contribution in [2.75, 3.05) is 0 Å². The molecular weight excluding hydrogens is 194 g/mol. The Balaban J connectivity index is 0.000000195. The molecule has 0 unspecified atom stereocenters. The number of nitrogens with zero attached hydrogens (tertiary/aromatic N) is 1. The standard InChI is InChI=1S/C8H5NO.C3H6O2/c10-8-5-6-3-1-2-4-7(6)9-8;1-2-3(4)5/h1-5H;2H2,1H3,(H,4,5). The van der Waals surface area contributed by atoms with E-state index in [1.165, 1.54) is 6.08 Å². The monoisotopic (exact) mass is 205 g/mol. The summed E-state index contributed by atoms with van der Waals surface area (Å²) in [7, 11) is 0. The lowest BCUT2D eigenvalue weighted by molar-refractivity contribution is -0.136. The summed E-state index contributed by atoms with van der Waals surface area (Å²) in [4.78, 5) is 23.8. The molecule has 0 aliphatic carbocycles. The molecule has 0 bridgehead atoms. The van der Waals surface area contributed by atoms with Gasteiger partial charge in [-0.3, -0.25) is 9.59 Å². The van der Waals surface area contributed by atoms with Crippen molar-refractivity contribution in [3.05, 3.63) is 34.8 Å². The summed E-state index contributed by atoms with van der Waals surface area (Å²) < 4.78 is 0. The minimum Gasteiger partial charge on any atom is -0.481 e. The number of carboxylic acids is 1. The number of fused-ring (bicyclic) bond motifs is 1. The maximum atomic E-state index is 10.7. The number of hydrogen-bond acceptors (Lipinski definition) is 2. The first kappa shape index (κ1) is 11.1. The summed E-state index contributed by atoms with van der Waals surface area (Å²) in [5, 5.41) is 9.43. The molecule has 1 aliphatic heterocycles. The Morgan fingerprint density at radius 2 is 2.00 bits per heavy atom. The van der Waals surface area contributed by atoms with Gasteiger partial charge < -0.3 is 5.11 Å². The molecule has 0 fully saturated rings. The van der Waals surface area contributed by atoms with Gasteiger partial charge in [0.15, 0.2) is 0 Å². The van der Waals surface area contributed by atoms with E-state index in [2.05, 4.69) is 4.99 Å². The van der Waals surface area contributed by atoms with E-state index in [4.69, 9.17) is 5.11 Å². The molecule has 4 nitrogen and oxygen atoms in total. The zero-order valence-corrected chi connectivity index (χ0v) is 8.30. The molecule has 1 heterocycles. The largest absolute Gasteiger partial charge is 0.481 e. The molecule has 1 aliphatic rings. The normalized spacial score (nSPS) is 11.7. The summed E-state index contributed by atoms with van der Waals surface area (Å²) in [5.74, 6) is -0.897. The summed E-state index contributed by atoms with van der Waals surface area (Å²) >= 11 is 0. The van der Waals surface area contributed by atoms with Gasteiger partial charge in [0, 0.05) is 17.7 Å². The van der Waals surface area contributed by atoms with Gasteiger partial charge in [0.05, 0.1) is 5.36 Å². The number of carboxylic acid groups (broad SMARTS) is 1. The number of carbonyl (C=O) groups is 2. The molecule has 0 radical (unpaired) electrons.